The number of unbranched alkanes of at least 4 members (excludes halogenated alkanes) is 1. The summed E-state index contributed by atoms with van der Waals surface area (Å²) in [6.45, 7) is 4.33. The molecule has 1 saturated heterocycles. The molecule has 1 saturated carbocycles. The Morgan fingerprint density at radius 3 is 2.74 bits per heavy atom. The van der Waals surface area contributed by atoms with E-state index in [1.54, 1.807) is 19.1 Å². The highest BCUT2D eigenvalue weighted by Gasteiger charge is 2.50. The lowest BCUT2D eigenvalue weighted by atomic mass is 9.66. The zero-order valence-electron chi connectivity index (χ0n) is 22.1. The number of ether oxygens (including phenoxy) is 1. The van der Waals surface area contributed by atoms with Crippen molar-refractivity contribution in [1.82, 2.24) is 4.90 Å². The minimum Gasteiger partial charge on any atom is -0.481 e. The summed E-state index contributed by atoms with van der Waals surface area (Å²) in [5.41, 5.74) is 1.25. The number of benzene rings is 2. The third kappa shape index (κ3) is 5.34. The van der Waals surface area contributed by atoms with Crippen molar-refractivity contribution in [2.24, 2.45) is 5.92 Å². The molecule has 2 heterocycles. The van der Waals surface area contributed by atoms with Crippen LogP contribution in [0.4, 0.5) is 0 Å². The lowest BCUT2D eigenvalue weighted by molar-refractivity contribution is -0.161. The Labute approximate surface area is 228 Å². The molecule has 2 fully saturated rings. The maximum Gasteiger partial charge on any atom is 0.336 e. The SMILES string of the molecule is CCCCc1cc(=O)oc2cc(OC(C)C(=O)N3CC[C@@]4(O)CCCC[C@H]4[C@@H]3c3ccc(Cl)cc3)ccc12. The number of likely N-dealkylation sites (tertiary alicyclic amines) is 1. The first kappa shape index (κ1) is 26.8. The van der Waals surface area contributed by atoms with Crippen molar-refractivity contribution in [3.05, 3.63) is 75.1 Å². The second-order valence-electron chi connectivity index (χ2n) is 10.8. The van der Waals surface area contributed by atoms with Gasteiger partial charge in [-0.25, -0.2) is 4.79 Å². The van der Waals surface area contributed by atoms with E-state index in [-0.39, 0.29) is 23.5 Å². The van der Waals surface area contributed by atoms with Gasteiger partial charge in [0.2, 0.25) is 0 Å². The predicted octanol–water partition coefficient (Wildman–Crippen LogP) is 6.45. The largest absolute Gasteiger partial charge is 0.481 e. The standard InChI is InChI=1S/C31H36ClNO5/c1-3-4-7-22-18-28(34)38-27-19-24(13-14-25(22)27)37-20(2)30(35)33-17-16-31(36)15-6-5-8-26(31)29(33)21-9-11-23(32)12-10-21/h9-14,18-20,26,29,36H,3-8,15-17H2,1-2H3/t20?,26-,29-,31-/m0/s1. The van der Waals surface area contributed by atoms with E-state index in [1.165, 1.54) is 0 Å². The molecular formula is C31H36ClNO5. The lowest BCUT2D eigenvalue weighted by Gasteiger charge is -2.53. The second kappa shape index (κ2) is 11.1. The molecule has 0 radical (unpaired) electrons. The zero-order valence-corrected chi connectivity index (χ0v) is 22.9. The van der Waals surface area contributed by atoms with Crippen molar-refractivity contribution < 1.29 is 19.1 Å². The third-order valence-corrected chi connectivity index (χ3v) is 8.58. The van der Waals surface area contributed by atoms with Gasteiger partial charge in [-0.05, 0) is 74.4 Å². The van der Waals surface area contributed by atoms with Gasteiger partial charge < -0.3 is 19.2 Å². The summed E-state index contributed by atoms with van der Waals surface area (Å²) in [6.07, 6.45) is 6.30. The van der Waals surface area contributed by atoms with Gasteiger partial charge in [0.05, 0.1) is 11.6 Å². The van der Waals surface area contributed by atoms with Crippen LogP contribution < -0.4 is 10.4 Å². The molecule has 1 amide bonds. The molecule has 1 aliphatic carbocycles. The molecule has 6 nitrogen and oxygen atoms in total. The first-order valence-electron chi connectivity index (χ1n) is 13.8. The van der Waals surface area contributed by atoms with Gasteiger partial charge in [-0.1, -0.05) is 49.9 Å². The molecule has 2 aliphatic rings. The summed E-state index contributed by atoms with van der Waals surface area (Å²) < 4.78 is 11.6. The topological polar surface area (TPSA) is 80.0 Å². The van der Waals surface area contributed by atoms with Gasteiger partial charge in [0, 0.05) is 35.0 Å². The molecule has 7 heteroatoms. The van der Waals surface area contributed by atoms with E-state index >= 15 is 0 Å². The van der Waals surface area contributed by atoms with Crippen LogP contribution in [0.25, 0.3) is 11.0 Å². The van der Waals surface area contributed by atoms with E-state index in [4.69, 9.17) is 20.8 Å². The molecular weight excluding hydrogens is 502 g/mol. The number of halogens is 1. The summed E-state index contributed by atoms with van der Waals surface area (Å²) in [6, 6.07) is 14.3. The van der Waals surface area contributed by atoms with E-state index in [0.29, 0.717) is 29.3 Å². The van der Waals surface area contributed by atoms with Gasteiger partial charge in [-0.2, -0.15) is 0 Å². The van der Waals surface area contributed by atoms with Crippen LogP contribution in [0.15, 0.2) is 57.7 Å². The number of hydrogen-bond donors (Lipinski definition) is 1. The highest BCUT2D eigenvalue weighted by atomic mass is 35.5. The summed E-state index contributed by atoms with van der Waals surface area (Å²) in [4.78, 5) is 27.9. The van der Waals surface area contributed by atoms with Gasteiger partial charge in [0.15, 0.2) is 6.10 Å². The minimum absolute atomic E-state index is 0.0428. The number of fused-ring (bicyclic) bond motifs is 2. The smallest absolute Gasteiger partial charge is 0.336 e. The molecule has 38 heavy (non-hydrogen) atoms. The quantitative estimate of drug-likeness (QED) is 0.350. The van der Waals surface area contributed by atoms with Gasteiger partial charge >= 0.3 is 5.63 Å². The Morgan fingerprint density at radius 2 is 1.97 bits per heavy atom. The van der Waals surface area contributed by atoms with E-state index in [2.05, 4.69) is 6.92 Å². The number of hydrogen-bond acceptors (Lipinski definition) is 5. The molecule has 2 aromatic carbocycles. The van der Waals surface area contributed by atoms with Crippen molar-refractivity contribution in [3.8, 4) is 5.75 Å². The number of aryl methyl sites for hydroxylation is 1. The number of carbonyl (C=O) groups excluding carboxylic acids is 1. The maximum atomic E-state index is 13.8. The molecule has 1 N–H and O–H groups in total. The fourth-order valence-electron chi connectivity index (χ4n) is 6.35. The average molecular weight is 538 g/mol. The van der Waals surface area contributed by atoms with Gasteiger partial charge in [-0.3, -0.25) is 4.79 Å². The molecule has 0 bridgehead atoms. The summed E-state index contributed by atoms with van der Waals surface area (Å²) in [7, 11) is 0. The van der Waals surface area contributed by atoms with Crippen LogP contribution in [0.2, 0.25) is 5.02 Å². The number of aliphatic hydroxyl groups is 1. The third-order valence-electron chi connectivity index (χ3n) is 8.32. The second-order valence-corrected chi connectivity index (χ2v) is 11.3. The predicted molar refractivity (Wildman–Crippen MR) is 149 cm³/mol. The highest BCUT2D eigenvalue weighted by Crippen LogP contribution is 2.49. The normalized spacial score (nSPS) is 24.2. The molecule has 3 aromatic rings. The number of piperidine rings is 1. The minimum atomic E-state index is -0.769. The number of rotatable bonds is 7. The van der Waals surface area contributed by atoms with Crippen LogP contribution in [0, 0.1) is 5.92 Å². The van der Waals surface area contributed by atoms with E-state index in [9.17, 15) is 14.7 Å². The zero-order chi connectivity index (χ0) is 26.9. The van der Waals surface area contributed by atoms with Crippen molar-refractivity contribution in [1.29, 1.82) is 0 Å². The van der Waals surface area contributed by atoms with Crippen LogP contribution in [0.1, 0.15) is 76.0 Å². The van der Waals surface area contributed by atoms with Crippen LogP contribution in [0.3, 0.4) is 0 Å². The van der Waals surface area contributed by atoms with Crippen molar-refractivity contribution in [2.45, 2.75) is 83.0 Å². The Kier molecular flexibility index (Phi) is 7.83. The monoisotopic (exact) mass is 537 g/mol. The Balaban J connectivity index is 1.40. The fourth-order valence-corrected chi connectivity index (χ4v) is 6.47. The Hall–Kier alpha value is -2.83. The van der Waals surface area contributed by atoms with Crippen LogP contribution in [0.5, 0.6) is 5.75 Å². The Bertz CT molecular complexity index is 1350. The van der Waals surface area contributed by atoms with Crippen molar-refractivity contribution >= 4 is 28.5 Å². The molecule has 4 atom stereocenters. The molecule has 202 valence electrons. The summed E-state index contributed by atoms with van der Waals surface area (Å²) >= 11 is 6.16. The summed E-state index contributed by atoms with van der Waals surface area (Å²) in [5.74, 6) is 0.304. The van der Waals surface area contributed by atoms with Crippen molar-refractivity contribution in [3.63, 3.8) is 0 Å². The molecule has 1 aliphatic heterocycles. The van der Waals surface area contributed by atoms with Crippen LogP contribution in [-0.2, 0) is 11.2 Å². The maximum absolute atomic E-state index is 13.8. The first-order valence-corrected chi connectivity index (χ1v) is 14.2. The Morgan fingerprint density at radius 1 is 1.18 bits per heavy atom. The van der Waals surface area contributed by atoms with Gasteiger partial charge in [-0.15, -0.1) is 0 Å². The lowest BCUT2D eigenvalue weighted by Crippen LogP contribution is -2.58. The van der Waals surface area contributed by atoms with E-state index in [1.807, 2.05) is 41.3 Å². The summed E-state index contributed by atoms with van der Waals surface area (Å²) in [5, 5.41) is 13.0. The van der Waals surface area contributed by atoms with E-state index < -0.39 is 11.7 Å². The highest BCUT2D eigenvalue weighted by molar-refractivity contribution is 6.30. The number of nitrogens with zero attached hydrogens (tertiary/aromatic N) is 1. The van der Waals surface area contributed by atoms with Crippen LogP contribution >= 0.6 is 11.6 Å². The molecule has 1 aromatic heterocycles. The number of amides is 1. The number of carbonyl (C=O) groups is 1. The molecule has 5 rings (SSSR count). The van der Waals surface area contributed by atoms with Gasteiger partial charge in [0.25, 0.3) is 5.91 Å². The van der Waals surface area contributed by atoms with Gasteiger partial charge in [0.1, 0.15) is 11.3 Å². The van der Waals surface area contributed by atoms with Crippen molar-refractivity contribution in [2.75, 3.05) is 6.54 Å². The van der Waals surface area contributed by atoms with Crippen LogP contribution in [-0.4, -0.2) is 34.2 Å². The fraction of sp³-hybridized carbons (Fsp3) is 0.484. The molecule has 1 unspecified atom stereocenters. The average Bonchev–Trinajstić information content (AvgIpc) is 2.90. The first-order chi connectivity index (χ1) is 18.3. The molecule has 0 spiro atoms. The van der Waals surface area contributed by atoms with E-state index in [0.717, 1.165) is 61.5 Å².